The predicted molar refractivity (Wildman–Crippen MR) is 471 cm³/mol. The Bertz CT molecular complexity index is 5820. The van der Waals surface area contributed by atoms with Crippen LogP contribution in [0, 0.1) is 7.14 Å². The van der Waals surface area contributed by atoms with Crippen molar-refractivity contribution in [1.82, 2.24) is 19.9 Å². The highest BCUT2D eigenvalue weighted by atomic mass is 127. The summed E-state index contributed by atoms with van der Waals surface area (Å²) in [6, 6.07) is 34.6. The molecule has 618 valence electrons. The van der Waals surface area contributed by atoms with Crippen molar-refractivity contribution in [3.8, 4) is 114 Å². The predicted octanol–water partition coefficient (Wildman–Crippen LogP) is 18.2. The number of carbonyl (C=O) groups is 1. The number of ether oxygens (including phenoxy) is 17. The highest BCUT2D eigenvalue weighted by Crippen LogP contribution is 2.52. The Balaban J connectivity index is 0.000000153. The molecule has 4 aliphatic heterocycles. The second-order valence-corrected chi connectivity index (χ2v) is 29.2. The third-order valence-corrected chi connectivity index (χ3v) is 22.6. The van der Waals surface area contributed by atoms with Gasteiger partial charge in [-0.1, -0.05) is 36.3 Å². The summed E-state index contributed by atoms with van der Waals surface area (Å²) < 4.78 is 95.0. The van der Waals surface area contributed by atoms with E-state index in [2.05, 4.69) is 71.7 Å². The SMILES string of the molecule is C.C.C.C.C=C(N)C1Cc2cc(OC)c(OC)cc2-c2cnc3cc4c(cc3c21)OCO4.CCOC(=O)/C(=C/c1cc(OC)c(OC)cc1I)c1ccnc2cc3c(cc12)OCO3.COc1cc(I)c(CC(CO)c2ccnc3cc4c(cc23)OCO4)cc1OC.COc1cc2c(cc1OC)-c1cnc3cc4c(cc3c1C(CO)C2)OCO4. The van der Waals surface area contributed by atoms with Crippen LogP contribution in [-0.2, 0) is 28.8 Å². The monoisotopic (exact) mass is 1830 g/mol. The fourth-order valence-corrected chi connectivity index (χ4v) is 16.4. The molecule has 0 bridgehead atoms. The number of pyridine rings is 4. The summed E-state index contributed by atoms with van der Waals surface area (Å²) in [5.74, 6) is 10.2. The molecule has 27 heteroatoms. The second-order valence-electron chi connectivity index (χ2n) is 26.9. The maximum atomic E-state index is 13.0. The Kier molecular flexibility index (Phi) is 27.9. The first-order chi connectivity index (χ1) is 55.5. The third kappa shape index (κ3) is 16.8. The summed E-state index contributed by atoms with van der Waals surface area (Å²) >= 11 is 4.49. The fraction of sp³-hybridized carbons (Fsp3) is 0.286. The summed E-state index contributed by atoms with van der Waals surface area (Å²) in [4.78, 5) is 31.2. The van der Waals surface area contributed by atoms with Crippen LogP contribution in [0.25, 0.3) is 77.5 Å². The number of methoxy groups -OCH3 is 8. The van der Waals surface area contributed by atoms with Crippen LogP contribution in [0.5, 0.6) is 92.0 Å². The van der Waals surface area contributed by atoms with E-state index in [0.717, 1.165) is 119 Å². The standard InChI is InChI=1S/C23H20INO6.C22H20N2O4.C21H20INO5.C21H19NO5.4CH4/c1-4-29-23(26)16(7-13-8-19(27-2)20(28-3)10-17(13)24)14-5-6-25-18-11-22-21(9-15(14)18)30-12-31-22;1-11(23)13-4-12-5-18(25-2)19(26-3)6-14(12)16-9-24-17-8-21-20(27-10-28-21)7-15(17)22(13)16;1-25-18-6-12(16(22)8-19(18)26-2)5-13(10-24)14-3-4-23-17-9-21-20(7-15(14)17)27-11-28-21;1-24-17-4-11-3-12(9-23)21-14-6-19-20(27-10-26-19)7-16(14)22-8-15(21)13(11)5-18(17)25-2;;;;/h5-11H,4,12H2,1-3H3;5-9,13H,1,4,10,23H2,2-3H3;3-4,6-9,13,24H,5,10-11H2,1-2H3;4-8,12,23H,3,9-10H2,1-2H3;4*1H4/b16-7+;;;;;;;. The number of nitrogens with two attached hydrogens (primary N) is 1. The van der Waals surface area contributed by atoms with Crippen LogP contribution in [0.2, 0.25) is 0 Å². The molecular weight excluding hydrogens is 1740 g/mol. The third-order valence-electron chi connectivity index (χ3n) is 20.7. The van der Waals surface area contributed by atoms with Crippen LogP contribution in [0.4, 0.5) is 0 Å². The summed E-state index contributed by atoms with van der Waals surface area (Å²) in [6.07, 6.45) is 11.1. The number of rotatable bonds is 18. The van der Waals surface area contributed by atoms with Crippen LogP contribution in [-0.4, -0.2) is 140 Å². The Morgan fingerprint density at radius 3 is 1.36 bits per heavy atom. The van der Waals surface area contributed by atoms with E-state index in [1.165, 1.54) is 0 Å². The Hall–Kier alpha value is -11.7. The van der Waals surface area contributed by atoms with Gasteiger partial charge >= 0.3 is 5.97 Å². The molecule has 3 atom stereocenters. The van der Waals surface area contributed by atoms with E-state index in [0.29, 0.717) is 121 Å². The molecule has 3 unspecified atom stereocenters. The summed E-state index contributed by atoms with van der Waals surface area (Å²) in [5, 5.41) is 24.0. The number of nitrogens with zero attached hydrogens (tertiary/aromatic N) is 4. The van der Waals surface area contributed by atoms with Crippen molar-refractivity contribution in [2.45, 2.75) is 73.6 Å². The first kappa shape index (κ1) is 87.2. The zero-order chi connectivity index (χ0) is 79.6. The van der Waals surface area contributed by atoms with Gasteiger partial charge in [0.15, 0.2) is 92.0 Å². The highest BCUT2D eigenvalue weighted by Gasteiger charge is 2.34. The molecule has 25 nitrogen and oxygen atoms in total. The number of fused-ring (bicyclic) bond motifs is 16. The number of halogens is 2. The van der Waals surface area contributed by atoms with Gasteiger partial charge in [0.1, 0.15) is 0 Å². The molecule has 2 aliphatic carbocycles. The summed E-state index contributed by atoms with van der Waals surface area (Å²) in [7, 11) is 12.9. The van der Waals surface area contributed by atoms with E-state index in [9.17, 15) is 15.0 Å². The maximum Gasteiger partial charge on any atom is 0.338 e. The van der Waals surface area contributed by atoms with Crippen LogP contribution in [0.3, 0.4) is 0 Å². The highest BCUT2D eigenvalue weighted by molar-refractivity contribution is 14.1. The number of aliphatic hydroxyl groups excluding tert-OH is 2. The molecule has 0 spiro atoms. The first-order valence-electron chi connectivity index (χ1n) is 36.2. The number of benzene rings is 8. The zero-order valence-corrected chi connectivity index (χ0v) is 68.0. The Morgan fingerprint density at radius 2 is 0.890 bits per heavy atom. The van der Waals surface area contributed by atoms with E-state index in [1.54, 1.807) is 88.3 Å². The lowest BCUT2D eigenvalue weighted by atomic mass is 9.76. The number of hydrogen-bond donors (Lipinski definition) is 3. The molecule has 4 aromatic heterocycles. The lowest BCUT2D eigenvalue weighted by molar-refractivity contribution is -0.136. The minimum absolute atomic E-state index is 0. The van der Waals surface area contributed by atoms with Gasteiger partial charge in [0.2, 0.25) is 27.2 Å². The van der Waals surface area contributed by atoms with Gasteiger partial charge in [-0.2, -0.15) is 0 Å². The molecule has 18 rings (SSSR count). The zero-order valence-electron chi connectivity index (χ0n) is 63.7. The van der Waals surface area contributed by atoms with E-state index in [-0.39, 0.29) is 94.5 Å². The normalized spacial score (nSPS) is 14.3. The quantitative estimate of drug-likeness (QED) is 0.0408. The molecule has 4 N–H and O–H groups in total. The van der Waals surface area contributed by atoms with Crippen molar-refractivity contribution in [3.05, 3.63) is 198 Å². The van der Waals surface area contributed by atoms with Gasteiger partial charge in [-0.25, -0.2) is 4.79 Å². The van der Waals surface area contributed by atoms with Crippen molar-refractivity contribution in [2.75, 3.05) is 104 Å². The smallest absolute Gasteiger partial charge is 0.338 e. The van der Waals surface area contributed by atoms with Gasteiger partial charge in [-0.15, -0.1) is 0 Å². The molecule has 8 aromatic carbocycles. The molecule has 6 aliphatic rings. The van der Waals surface area contributed by atoms with Crippen molar-refractivity contribution in [3.63, 3.8) is 0 Å². The number of hydrogen-bond acceptors (Lipinski definition) is 25. The fourth-order valence-electron chi connectivity index (χ4n) is 15.2. The molecule has 0 saturated heterocycles. The second kappa shape index (κ2) is 37.7. The van der Waals surface area contributed by atoms with Crippen LogP contribution in [0.15, 0.2) is 146 Å². The average molecular weight is 1830 g/mol. The maximum absolute atomic E-state index is 13.0. The minimum Gasteiger partial charge on any atom is -0.493 e. The number of carbonyl (C=O) groups excluding carboxylic acids is 1. The number of aromatic nitrogens is 4. The van der Waals surface area contributed by atoms with Crippen molar-refractivity contribution in [2.24, 2.45) is 5.73 Å². The van der Waals surface area contributed by atoms with Crippen LogP contribution in [0.1, 0.15) is 98.9 Å². The Labute approximate surface area is 712 Å². The van der Waals surface area contributed by atoms with Gasteiger partial charge < -0.3 is 96.5 Å². The van der Waals surface area contributed by atoms with E-state index < -0.39 is 5.97 Å². The van der Waals surface area contributed by atoms with Crippen LogP contribution >= 0.6 is 45.2 Å². The van der Waals surface area contributed by atoms with Gasteiger partial charge in [0.25, 0.3) is 0 Å². The van der Waals surface area contributed by atoms with Crippen molar-refractivity contribution >= 4 is 106 Å². The van der Waals surface area contributed by atoms with E-state index >= 15 is 0 Å². The summed E-state index contributed by atoms with van der Waals surface area (Å²) in [5.41, 5.74) is 22.6. The van der Waals surface area contributed by atoms with Crippen LogP contribution < -0.4 is 81.5 Å². The molecule has 8 heterocycles. The summed E-state index contributed by atoms with van der Waals surface area (Å²) in [6.45, 7) is 6.97. The molecular formula is C91H95I2N5O20. The lowest BCUT2D eigenvalue weighted by Crippen LogP contribution is -2.18. The van der Waals surface area contributed by atoms with Gasteiger partial charge in [-0.3, -0.25) is 19.9 Å². The topological polar surface area (TPSA) is 292 Å². The Morgan fingerprint density at radius 1 is 0.492 bits per heavy atom. The molecule has 0 saturated carbocycles. The van der Waals surface area contributed by atoms with E-state index in [1.807, 2.05) is 116 Å². The first-order valence-corrected chi connectivity index (χ1v) is 38.4. The molecule has 12 aromatic rings. The van der Waals surface area contributed by atoms with Gasteiger partial charge in [0, 0.05) is 118 Å². The largest absolute Gasteiger partial charge is 0.493 e. The minimum atomic E-state index is -0.432. The molecule has 0 radical (unpaired) electrons. The van der Waals surface area contributed by atoms with Gasteiger partial charge in [-0.05, 0) is 212 Å². The number of allylic oxidation sites excluding steroid dienone is 1. The van der Waals surface area contributed by atoms with E-state index in [4.69, 9.17) is 86.3 Å². The van der Waals surface area contributed by atoms with Crippen molar-refractivity contribution in [1.29, 1.82) is 0 Å². The molecule has 0 fully saturated rings. The lowest BCUT2D eigenvalue weighted by Gasteiger charge is -2.29. The number of aliphatic hydroxyl groups is 2. The molecule has 118 heavy (non-hydrogen) atoms. The van der Waals surface area contributed by atoms with Gasteiger partial charge in [0.05, 0.1) is 104 Å². The number of esters is 1. The molecule has 0 amide bonds. The van der Waals surface area contributed by atoms with Crippen molar-refractivity contribution < 1.29 is 95.5 Å². The average Bonchev–Trinajstić information content (AvgIpc) is 1.04.